The van der Waals surface area contributed by atoms with Crippen molar-refractivity contribution in [1.29, 1.82) is 0 Å². The molecule has 4 nitrogen and oxygen atoms in total. The Morgan fingerprint density at radius 2 is 2.10 bits per heavy atom. The standard InChI is InChI=1S/C17H21NO3/c1-13-3-2-8-18(12-13)17(19)7-5-14-4-6-15-16(11-14)21-10-9-20-15/h4-7,11,13H,2-3,8-10,12H2,1H3/b7-5+. The van der Waals surface area contributed by atoms with Crippen molar-refractivity contribution < 1.29 is 14.3 Å². The van der Waals surface area contributed by atoms with Gasteiger partial charge in [-0.1, -0.05) is 13.0 Å². The van der Waals surface area contributed by atoms with Gasteiger partial charge in [-0.15, -0.1) is 0 Å². The molecule has 1 saturated heterocycles. The quantitative estimate of drug-likeness (QED) is 0.785. The van der Waals surface area contributed by atoms with E-state index in [4.69, 9.17) is 9.47 Å². The fourth-order valence-corrected chi connectivity index (χ4v) is 2.83. The predicted octanol–water partition coefficient (Wildman–Crippen LogP) is 2.73. The van der Waals surface area contributed by atoms with Crippen molar-refractivity contribution in [3.8, 4) is 11.5 Å². The summed E-state index contributed by atoms with van der Waals surface area (Å²) in [5, 5.41) is 0. The largest absolute Gasteiger partial charge is 0.486 e. The van der Waals surface area contributed by atoms with Crippen molar-refractivity contribution in [2.75, 3.05) is 26.3 Å². The van der Waals surface area contributed by atoms with Gasteiger partial charge in [0.2, 0.25) is 5.91 Å². The van der Waals surface area contributed by atoms with Gasteiger partial charge in [0.05, 0.1) is 0 Å². The number of hydrogen-bond donors (Lipinski definition) is 0. The van der Waals surface area contributed by atoms with E-state index in [1.54, 1.807) is 6.08 Å². The molecular formula is C17H21NO3. The third-order valence-corrected chi connectivity index (χ3v) is 3.95. The molecule has 4 heteroatoms. The van der Waals surface area contributed by atoms with E-state index < -0.39 is 0 Å². The van der Waals surface area contributed by atoms with Crippen LogP contribution in [-0.2, 0) is 4.79 Å². The number of hydrogen-bond acceptors (Lipinski definition) is 3. The van der Waals surface area contributed by atoms with Crippen molar-refractivity contribution in [2.45, 2.75) is 19.8 Å². The molecule has 112 valence electrons. The Morgan fingerprint density at radius 3 is 2.90 bits per heavy atom. The topological polar surface area (TPSA) is 38.8 Å². The van der Waals surface area contributed by atoms with Gasteiger partial charge in [-0.05, 0) is 42.5 Å². The van der Waals surface area contributed by atoms with Gasteiger partial charge < -0.3 is 14.4 Å². The number of nitrogens with zero attached hydrogens (tertiary/aromatic N) is 1. The minimum atomic E-state index is 0.0939. The zero-order chi connectivity index (χ0) is 14.7. The number of ether oxygens (including phenoxy) is 2. The lowest BCUT2D eigenvalue weighted by atomic mass is 10.0. The summed E-state index contributed by atoms with van der Waals surface area (Å²) in [6.45, 7) is 5.10. The van der Waals surface area contributed by atoms with E-state index in [0.29, 0.717) is 19.1 Å². The van der Waals surface area contributed by atoms with Crippen LogP contribution in [0, 0.1) is 5.92 Å². The van der Waals surface area contributed by atoms with Gasteiger partial charge in [0.15, 0.2) is 11.5 Å². The maximum atomic E-state index is 12.2. The molecule has 1 amide bonds. The van der Waals surface area contributed by atoms with Crippen molar-refractivity contribution in [3.63, 3.8) is 0 Å². The third kappa shape index (κ3) is 3.38. The van der Waals surface area contributed by atoms with Crippen molar-refractivity contribution in [1.82, 2.24) is 4.90 Å². The van der Waals surface area contributed by atoms with E-state index >= 15 is 0 Å². The van der Waals surface area contributed by atoms with E-state index in [-0.39, 0.29) is 5.91 Å². The first-order valence-corrected chi connectivity index (χ1v) is 7.59. The monoisotopic (exact) mass is 287 g/mol. The molecule has 0 aromatic heterocycles. The normalized spacial score (nSPS) is 21.6. The lowest BCUT2D eigenvalue weighted by molar-refractivity contribution is -0.127. The van der Waals surface area contributed by atoms with Gasteiger partial charge in [0, 0.05) is 19.2 Å². The highest BCUT2D eigenvalue weighted by Crippen LogP contribution is 2.31. The number of likely N-dealkylation sites (tertiary alicyclic amines) is 1. The highest BCUT2D eigenvalue weighted by molar-refractivity contribution is 5.91. The maximum absolute atomic E-state index is 12.2. The Labute approximate surface area is 125 Å². The number of piperidine rings is 1. The molecule has 0 N–H and O–H groups in total. The summed E-state index contributed by atoms with van der Waals surface area (Å²) in [6.07, 6.45) is 5.82. The molecule has 1 aromatic rings. The number of carbonyl (C=O) groups is 1. The van der Waals surface area contributed by atoms with Gasteiger partial charge in [0.1, 0.15) is 13.2 Å². The second-order valence-corrected chi connectivity index (χ2v) is 5.77. The lowest BCUT2D eigenvalue weighted by Gasteiger charge is -2.30. The van der Waals surface area contributed by atoms with Crippen molar-refractivity contribution >= 4 is 12.0 Å². The lowest BCUT2D eigenvalue weighted by Crippen LogP contribution is -2.38. The molecule has 2 heterocycles. The minimum Gasteiger partial charge on any atom is -0.486 e. The van der Waals surface area contributed by atoms with E-state index in [1.165, 1.54) is 6.42 Å². The first kappa shape index (κ1) is 14.0. The van der Waals surface area contributed by atoms with E-state index in [9.17, 15) is 4.79 Å². The molecule has 2 aliphatic rings. The van der Waals surface area contributed by atoms with Crippen LogP contribution in [0.3, 0.4) is 0 Å². The average molecular weight is 287 g/mol. The van der Waals surface area contributed by atoms with E-state index in [1.807, 2.05) is 29.2 Å². The van der Waals surface area contributed by atoms with Gasteiger partial charge in [-0.25, -0.2) is 0 Å². The fraction of sp³-hybridized carbons (Fsp3) is 0.471. The third-order valence-electron chi connectivity index (χ3n) is 3.95. The summed E-state index contributed by atoms with van der Waals surface area (Å²) in [7, 11) is 0. The van der Waals surface area contributed by atoms with Gasteiger partial charge in [-0.3, -0.25) is 4.79 Å². The molecule has 1 atom stereocenters. The summed E-state index contributed by atoms with van der Waals surface area (Å²) in [5.74, 6) is 2.22. The van der Waals surface area contributed by atoms with E-state index in [0.717, 1.165) is 36.6 Å². The first-order chi connectivity index (χ1) is 10.2. The van der Waals surface area contributed by atoms with Crippen LogP contribution in [0.25, 0.3) is 6.08 Å². The zero-order valence-corrected chi connectivity index (χ0v) is 12.4. The molecule has 0 bridgehead atoms. The molecule has 1 aromatic carbocycles. The van der Waals surface area contributed by atoms with E-state index in [2.05, 4.69) is 6.92 Å². The Bertz CT molecular complexity index is 553. The number of fused-ring (bicyclic) bond motifs is 1. The smallest absolute Gasteiger partial charge is 0.246 e. The molecule has 0 saturated carbocycles. The minimum absolute atomic E-state index is 0.0939. The second-order valence-electron chi connectivity index (χ2n) is 5.77. The molecule has 0 aliphatic carbocycles. The number of amides is 1. The molecule has 1 unspecified atom stereocenters. The Balaban J connectivity index is 1.66. The summed E-state index contributed by atoms with van der Waals surface area (Å²) >= 11 is 0. The number of carbonyl (C=O) groups excluding carboxylic acids is 1. The van der Waals surface area contributed by atoms with Gasteiger partial charge >= 0.3 is 0 Å². The van der Waals surface area contributed by atoms with Crippen LogP contribution in [-0.4, -0.2) is 37.1 Å². The van der Waals surface area contributed by atoms with Crippen LogP contribution in [0.1, 0.15) is 25.3 Å². The molecule has 1 fully saturated rings. The van der Waals surface area contributed by atoms with Crippen LogP contribution in [0.2, 0.25) is 0 Å². The van der Waals surface area contributed by atoms with Crippen LogP contribution >= 0.6 is 0 Å². The highest BCUT2D eigenvalue weighted by Gasteiger charge is 2.19. The first-order valence-electron chi connectivity index (χ1n) is 7.59. The predicted molar refractivity (Wildman–Crippen MR) is 81.4 cm³/mol. The van der Waals surface area contributed by atoms with Crippen LogP contribution in [0.5, 0.6) is 11.5 Å². The summed E-state index contributed by atoms with van der Waals surface area (Å²) in [5.41, 5.74) is 0.956. The zero-order valence-electron chi connectivity index (χ0n) is 12.4. The Kier molecular flexibility index (Phi) is 4.13. The highest BCUT2D eigenvalue weighted by atomic mass is 16.6. The summed E-state index contributed by atoms with van der Waals surface area (Å²) in [6, 6.07) is 5.74. The van der Waals surface area contributed by atoms with Gasteiger partial charge in [-0.2, -0.15) is 0 Å². The number of benzene rings is 1. The summed E-state index contributed by atoms with van der Waals surface area (Å²) in [4.78, 5) is 14.1. The van der Waals surface area contributed by atoms with Crippen LogP contribution < -0.4 is 9.47 Å². The fourth-order valence-electron chi connectivity index (χ4n) is 2.83. The molecule has 0 radical (unpaired) electrons. The molecular weight excluding hydrogens is 266 g/mol. The Hall–Kier alpha value is -1.97. The van der Waals surface area contributed by atoms with Crippen LogP contribution in [0.15, 0.2) is 24.3 Å². The Morgan fingerprint density at radius 1 is 1.29 bits per heavy atom. The second kappa shape index (κ2) is 6.20. The van der Waals surface area contributed by atoms with Gasteiger partial charge in [0.25, 0.3) is 0 Å². The average Bonchev–Trinajstić information content (AvgIpc) is 2.52. The molecule has 0 spiro atoms. The van der Waals surface area contributed by atoms with Crippen LogP contribution in [0.4, 0.5) is 0 Å². The van der Waals surface area contributed by atoms with Crippen molar-refractivity contribution in [3.05, 3.63) is 29.8 Å². The molecule has 21 heavy (non-hydrogen) atoms. The SMILES string of the molecule is CC1CCCN(C(=O)/C=C/c2ccc3c(c2)OCCO3)C1. The maximum Gasteiger partial charge on any atom is 0.246 e. The molecule has 2 aliphatic heterocycles. The number of rotatable bonds is 2. The summed E-state index contributed by atoms with van der Waals surface area (Å²) < 4.78 is 11.0. The van der Waals surface area contributed by atoms with Crippen molar-refractivity contribution in [2.24, 2.45) is 5.92 Å². The molecule has 3 rings (SSSR count).